The van der Waals surface area contributed by atoms with Crippen LogP contribution in [0.3, 0.4) is 0 Å². The van der Waals surface area contributed by atoms with Crippen molar-refractivity contribution in [3.63, 3.8) is 0 Å². The lowest BCUT2D eigenvalue weighted by molar-refractivity contribution is -0.138. The maximum atomic E-state index is 10.9. The molecule has 0 aliphatic carbocycles. The van der Waals surface area contributed by atoms with E-state index in [-0.39, 0.29) is 18.3 Å². The first-order valence-corrected chi connectivity index (χ1v) is 5.20. The summed E-state index contributed by atoms with van der Waals surface area (Å²) >= 11 is 1.36. The van der Waals surface area contributed by atoms with E-state index in [2.05, 4.69) is 11.3 Å². The molecule has 0 spiro atoms. The molecular formula is C9H14O4S. The van der Waals surface area contributed by atoms with Gasteiger partial charge in [-0.1, -0.05) is 6.58 Å². The molecule has 0 aliphatic heterocycles. The topological polar surface area (TPSA) is 52.6 Å². The first kappa shape index (κ1) is 13.0. The summed E-state index contributed by atoms with van der Waals surface area (Å²) < 4.78 is 9.24. The van der Waals surface area contributed by atoms with Crippen molar-refractivity contribution in [1.29, 1.82) is 0 Å². The molecule has 0 rings (SSSR count). The monoisotopic (exact) mass is 218 g/mol. The average Bonchev–Trinajstić information content (AvgIpc) is 2.16. The van der Waals surface area contributed by atoms with Gasteiger partial charge in [-0.05, 0) is 6.92 Å². The quantitative estimate of drug-likeness (QED) is 0.378. The molecule has 5 heteroatoms. The van der Waals surface area contributed by atoms with Crippen LogP contribution in [0.15, 0.2) is 12.2 Å². The second kappa shape index (κ2) is 7.44. The Kier molecular flexibility index (Phi) is 6.92. The summed E-state index contributed by atoms with van der Waals surface area (Å²) in [5, 5.41) is 0. The fourth-order valence-electron chi connectivity index (χ4n) is 0.531. The predicted octanol–water partition coefficient (Wildman–Crippen LogP) is 1.01. The lowest BCUT2D eigenvalue weighted by Gasteiger charge is -2.03. The van der Waals surface area contributed by atoms with Gasteiger partial charge in [-0.2, -0.15) is 0 Å². The normalized spacial score (nSPS) is 9.29. The summed E-state index contributed by atoms with van der Waals surface area (Å²) in [6, 6.07) is 0. The largest absolute Gasteiger partial charge is 0.468 e. The number of ether oxygens (including phenoxy) is 2. The Morgan fingerprint density at radius 1 is 1.43 bits per heavy atom. The van der Waals surface area contributed by atoms with E-state index in [1.165, 1.54) is 18.9 Å². The van der Waals surface area contributed by atoms with Gasteiger partial charge in [-0.25, -0.2) is 4.79 Å². The van der Waals surface area contributed by atoms with Crippen LogP contribution >= 0.6 is 11.8 Å². The highest BCUT2D eigenvalue weighted by Crippen LogP contribution is 2.01. The molecule has 0 saturated carbocycles. The molecule has 0 aromatic rings. The number of carbonyl (C=O) groups is 2. The highest BCUT2D eigenvalue weighted by molar-refractivity contribution is 7.99. The van der Waals surface area contributed by atoms with Crippen molar-refractivity contribution in [3.05, 3.63) is 12.2 Å². The highest BCUT2D eigenvalue weighted by Gasteiger charge is 2.03. The second-order valence-corrected chi connectivity index (χ2v) is 3.65. The number of rotatable bonds is 6. The molecule has 0 atom stereocenters. The van der Waals surface area contributed by atoms with Crippen molar-refractivity contribution in [1.82, 2.24) is 0 Å². The molecule has 0 aromatic carbocycles. The molecule has 0 bridgehead atoms. The molecule has 4 nitrogen and oxygen atoms in total. The number of carbonyl (C=O) groups excluding carboxylic acids is 2. The van der Waals surface area contributed by atoms with E-state index in [4.69, 9.17) is 4.74 Å². The van der Waals surface area contributed by atoms with Crippen LogP contribution in [0.25, 0.3) is 0 Å². The van der Waals surface area contributed by atoms with Gasteiger partial charge in [0.25, 0.3) is 0 Å². The van der Waals surface area contributed by atoms with Crippen molar-refractivity contribution >= 4 is 23.7 Å². The van der Waals surface area contributed by atoms with Gasteiger partial charge in [0.15, 0.2) is 0 Å². The van der Waals surface area contributed by atoms with Gasteiger partial charge in [0.1, 0.15) is 6.61 Å². The zero-order chi connectivity index (χ0) is 11.0. The summed E-state index contributed by atoms with van der Waals surface area (Å²) in [6.45, 7) is 5.31. The number of esters is 2. The van der Waals surface area contributed by atoms with Crippen LogP contribution in [-0.2, 0) is 19.1 Å². The molecule has 14 heavy (non-hydrogen) atoms. The smallest absolute Gasteiger partial charge is 0.333 e. The number of hydrogen-bond acceptors (Lipinski definition) is 5. The Bertz CT molecular complexity index is 225. The second-order valence-electron chi connectivity index (χ2n) is 2.54. The van der Waals surface area contributed by atoms with E-state index in [1.807, 2.05) is 0 Å². The van der Waals surface area contributed by atoms with Gasteiger partial charge in [0.05, 0.1) is 12.9 Å². The van der Waals surface area contributed by atoms with Crippen molar-refractivity contribution in [2.45, 2.75) is 6.92 Å². The zero-order valence-electron chi connectivity index (χ0n) is 8.37. The van der Waals surface area contributed by atoms with Gasteiger partial charge in [-0.15, -0.1) is 11.8 Å². The first-order chi connectivity index (χ1) is 6.57. The standard InChI is InChI=1S/C9H14O4S/c1-7(2)9(11)13-4-5-14-6-8(10)12-3/h1,4-6H2,2-3H3. The van der Waals surface area contributed by atoms with Crippen molar-refractivity contribution in [2.75, 3.05) is 25.2 Å². The van der Waals surface area contributed by atoms with E-state index in [0.29, 0.717) is 11.3 Å². The van der Waals surface area contributed by atoms with Crippen LogP contribution < -0.4 is 0 Å². The van der Waals surface area contributed by atoms with Gasteiger partial charge in [-0.3, -0.25) is 4.79 Å². The lowest BCUT2D eigenvalue weighted by atomic mass is 10.4. The van der Waals surface area contributed by atoms with E-state index in [0.717, 1.165) is 0 Å². The third kappa shape index (κ3) is 6.54. The Morgan fingerprint density at radius 3 is 2.57 bits per heavy atom. The minimum Gasteiger partial charge on any atom is -0.468 e. The number of hydrogen-bond donors (Lipinski definition) is 0. The molecule has 0 aliphatic rings. The third-order valence-electron chi connectivity index (χ3n) is 1.26. The lowest BCUT2D eigenvalue weighted by Crippen LogP contribution is -2.09. The van der Waals surface area contributed by atoms with E-state index >= 15 is 0 Å². The summed E-state index contributed by atoms with van der Waals surface area (Å²) in [5.41, 5.74) is 0.378. The molecular weight excluding hydrogens is 204 g/mol. The van der Waals surface area contributed by atoms with Gasteiger partial charge >= 0.3 is 11.9 Å². The van der Waals surface area contributed by atoms with Crippen LogP contribution in [0, 0.1) is 0 Å². The van der Waals surface area contributed by atoms with Crippen LogP contribution in [-0.4, -0.2) is 37.2 Å². The number of methoxy groups -OCH3 is 1. The summed E-state index contributed by atoms with van der Waals surface area (Å²) in [5.74, 6) is 0.180. The third-order valence-corrected chi connectivity index (χ3v) is 2.15. The minimum absolute atomic E-state index is 0.277. The highest BCUT2D eigenvalue weighted by atomic mass is 32.2. The maximum absolute atomic E-state index is 10.9. The predicted molar refractivity (Wildman–Crippen MR) is 55.1 cm³/mol. The zero-order valence-corrected chi connectivity index (χ0v) is 9.19. The van der Waals surface area contributed by atoms with E-state index in [1.54, 1.807) is 6.92 Å². The molecule has 0 aromatic heterocycles. The molecule has 80 valence electrons. The average molecular weight is 218 g/mol. The molecule has 0 N–H and O–H groups in total. The fourth-order valence-corrected chi connectivity index (χ4v) is 1.16. The molecule has 0 radical (unpaired) electrons. The van der Waals surface area contributed by atoms with Crippen molar-refractivity contribution < 1.29 is 19.1 Å². The Balaban J connectivity index is 3.34. The minimum atomic E-state index is -0.399. The molecule has 0 heterocycles. The Labute approximate surface area is 87.6 Å². The molecule has 0 unspecified atom stereocenters. The molecule has 0 amide bonds. The maximum Gasteiger partial charge on any atom is 0.333 e. The van der Waals surface area contributed by atoms with Crippen LogP contribution in [0.2, 0.25) is 0 Å². The Morgan fingerprint density at radius 2 is 2.07 bits per heavy atom. The van der Waals surface area contributed by atoms with Crippen LogP contribution in [0.1, 0.15) is 6.92 Å². The number of thioether (sulfide) groups is 1. The molecule has 0 saturated heterocycles. The molecule has 0 fully saturated rings. The van der Waals surface area contributed by atoms with Crippen LogP contribution in [0.4, 0.5) is 0 Å². The summed E-state index contributed by atoms with van der Waals surface area (Å²) in [6.07, 6.45) is 0. The van der Waals surface area contributed by atoms with Gasteiger partial charge in [0.2, 0.25) is 0 Å². The Hall–Kier alpha value is -0.970. The van der Waals surface area contributed by atoms with Crippen LogP contribution in [0.5, 0.6) is 0 Å². The van der Waals surface area contributed by atoms with Crippen molar-refractivity contribution in [3.8, 4) is 0 Å². The van der Waals surface area contributed by atoms with Crippen molar-refractivity contribution in [2.24, 2.45) is 0 Å². The van der Waals surface area contributed by atoms with Gasteiger partial charge in [0, 0.05) is 11.3 Å². The first-order valence-electron chi connectivity index (χ1n) is 4.05. The van der Waals surface area contributed by atoms with E-state index in [9.17, 15) is 9.59 Å². The van der Waals surface area contributed by atoms with E-state index < -0.39 is 5.97 Å². The summed E-state index contributed by atoms with van der Waals surface area (Å²) in [4.78, 5) is 21.5. The fraction of sp³-hybridized carbons (Fsp3) is 0.556. The summed E-state index contributed by atoms with van der Waals surface area (Å²) in [7, 11) is 1.34. The SMILES string of the molecule is C=C(C)C(=O)OCCSCC(=O)OC. The van der Waals surface area contributed by atoms with Gasteiger partial charge < -0.3 is 9.47 Å².